The molecular formula is C12H15ClO2. The molecule has 0 saturated heterocycles. The number of carbonyl (C=O) groups is 1. The Balaban J connectivity index is 2.77. The van der Waals surface area contributed by atoms with Crippen LogP contribution in [0.2, 0.25) is 0 Å². The van der Waals surface area contributed by atoms with E-state index in [2.05, 4.69) is 0 Å². The number of hydrogen-bond donors (Lipinski definition) is 0. The highest BCUT2D eigenvalue weighted by Gasteiger charge is 2.23. The van der Waals surface area contributed by atoms with E-state index in [1.54, 1.807) is 12.1 Å². The van der Waals surface area contributed by atoms with Crippen LogP contribution in [0.4, 0.5) is 0 Å². The van der Waals surface area contributed by atoms with Crippen LogP contribution in [-0.2, 0) is 10.7 Å². The molecule has 0 bridgehead atoms. The third kappa shape index (κ3) is 3.56. The van der Waals surface area contributed by atoms with Crippen molar-refractivity contribution in [3.63, 3.8) is 0 Å². The van der Waals surface area contributed by atoms with Gasteiger partial charge in [0, 0.05) is 5.88 Å². The van der Waals surface area contributed by atoms with E-state index in [0.29, 0.717) is 11.6 Å². The smallest absolute Gasteiger partial charge is 0.316 e. The van der Waals surface area contributed by atoms with Crippen molar-refractivity contribution in [1.29, 1.82) is 0 Å². The number of carbonyl (C=O) groups excluding carboxylic acids is 1. The van der Waals surface area contributed by atoms with Gasteiger partial charge in [-0.15, -0.1) is 11.6 Å². The van der Waals surface area contributed by atoms with Gasteiger partial charge in [0.05, 0.1) is 5.41 Å². The van der Waals surface area contributed by atoms with Crippen LogP contribution >= 0.6 is 11.6 Å². The quantitative estimate of drug-likeness (QED) is 0.439. The summed E-state index contributed by atoms with van der Waals surface area (Å²) in [4.78, 5) is 11.6. The fraction of sp³-hybridized carbons (Fsp3) is 0.417. The summed E-state index contributed by atoms with van der Waals surface area (Å²) < 4.78 is 5.22. The van der Waals surface area contributed by atoms with Gasteiger partial charge in [0.2, 0.25) is 0 Å². The molecule has 0 atom stereocenters. The molecule has 82 valence electrons. The molecule has 15 heavy (non-hydrogen) atoms. The zero-order chi connectivity index (χ0) is 11.5. The van der Waals surface area contributed by atoms with Crippen LogP contribution < -0.4 is 4.74 Å². The van der Waals surface area contributed by atoms with E-state index in [0.717, 1.165) is 5.56 Å². The lowest BCUT2D eigenvalue weighted by Crippen LogP contribution is -2.25. The minimum Gasteiger partial charge on any atom is -0.426 e. The molecule has 0 N–H and O–H groups in total. The fourth-order valence-corrected chi connectivity index (χ4v) is 1.12. The predicted molar refractivity (Wildman–Crippen MR) is 61.1 cm³/mol. The van der Waals surface area contributed by atoms with Crippen molar-refractivity contribution in [1.82, 2.24) is 0 Å². The second-order valence-electron chi connectivity index (χ2n) is 4.42. The molecule has 0 heterocycles. The van der Waals surface area contributed by atoms with Crippen LogP contribution in [0, 0.1) is 5.41 Å². The van der Waals surface area contributed by atoms with Crippen molar-refractivity contribution in [2.24, 2.45) is 5.41 Å². The lowest BCUT2D eigenvalue weighted by Gasteiger charge is -2.16. The number of alkyl halides is 1. The van der Waals surface area contributed by atoms with Crippen LogP contribution in [0.25, 0.3) is 0 Å². The molecule has 1 rings (SSSR count). The van der Waals surface area contributed by atoms with Gasteiger partial charge in [-0.3, -0.25) is 4.79 Å². The van der Waals surface area contributed by atoms with E-state index in [1.807, 2.05) is 32.9 Å². The summed E-state index contributed by atoms with van der Waals surface area (Å²) in [6.07, 6.45) is 0. The number of ether oxygens (including phenoxy) is 1. The minimum absolute atomic E-state index is 0.241. The molecule has 0 fully saturated rings. The standard InChI is InChI=1S/C12H15ClO2/c1-12(2,3)11(14)15-10-6-4-5-9(7-10)8-13/h4-7H,8H2,1-3H3. The summed E-state index contributed by atoms with van der Waals surface area (Å²) in [5.74, 6) is 0.725. The van der Waals surface area contributed by atoms with Gasteiger partial charge in [0.1, 0.15) is 5.75 Å². The lowest BCUT2D eigenvalue weighted by molar-refractivity contribution is -0.142. The first-order chi connectivity index (χ1) is 6.93. The molecule has 0 unspecified atom stereocenters. The summed E-state index contributed by atoms with van der Waals surface area (Å²) in [7, 11) is 0. The Morgan fingerprint density at radius 1 is 1.40 bits per heavy atom. The molecule has 1 aromatic carbocycles. The van der Waals surface area contributed by atoms with Gasteiger partial charge in [-0.05, 0) is 38.5 Å². The molecule has 0 radical (unpaired) electrons. The average molecular weight is 227 g/mol. The number of rotatable bonds is 2. The van der Waals surface area contributed by atoms with E-state index in [-0.39, 0.29) is 5.97 Å². The number of halogens is 1. The zero-order valence-electron chi connectivity index (χ0n) is 9.21. The van der Waals surface area contributed by atoms with Crippen molar-refractivity contribution in [3.8, 4) is 5.75 Å². The van der Waals surface area contributed by atoms with E-state index < -0.39 is 5.41 Å². The Kier molecular flexibility index (Phi) is 3.75. The summed E-state index contributed by atoms with van der Waals surface area (Å²) >= 11 is 5.68. The van der Waals surface area contributed by atoms with E-state index >= 15 is 0 Å². The molecule has 0 saturated carbocycles. The molecule has 0 amide bonds. The van der Waals surface area contributed by atoms with E-state index in [1.165, 1.54) is 0 Å². The normalized spacial score (nSPS) is 11.2. The molecule has 3 heteroatoms. The Bertz CT molecular complexity index is 353. The molecule has 0 aliphatic rings. The summed E-state index contributed by atoms with van der Waals surface area (Å²) in [6.45, 7) is 5.46. The van der Waals surface area contributed by atoms with Crippen LogP contribution in [0.5, 0.6) is 5.75 Å². The molecule has 0 aliphatic heterocycles. The Labute approximate surface area is 95.2 Å². The van der Waals surface area contributed by atoms with Gasteiger partial charge in [-0.25, -0.2) is 0 Å². The first kappa shape index (κ1) is 12.1. The van der Waals surface area contributed by atoms with Gasteiger partial charge in [0.25, 0.3) is 0 Å². The number of benzene rings is 1. The summed E-state index contributed by atoms with van der Waals surface area (Å²) in [6, 6.07) is 7.24. The van der Waals surface area contributed by atoms with Crippen molar-refractivity contribution in [2.45, 2.75) is 26.7 Å². The van der Waals surface area contributed by atoms with Gasteiger partial charge in [-0.1, -0.05) is 12.1 Å². The summed E-state index contributed by atoms with van der Waals surface area (Å²) in [5, 5.41) is 0. The van der Waals surface area contributed by atoms with E-state index in [9.17, 15) is 4.79 Å². The van der Waals surface area contributed by atoms with Crippen LogP contribution in [0.3, 0.4) is 0 Å². The monoisotopic (exact) mass is 226 g/mol. The average Bonchev–Trinajstić information content (AvgIpc) is 2.16. The first-order valence-electron chi connectivity index (χ1n) is 4.80. The molecule has 0 aromatic heterocycles. The van der Waals surface area contributed by atoms with E-state index in [4.69, 9.17) is 16.3 Å². The Hall–Kier alpha value is -1.02. The van der Waals surface area contributed by atoms with Crippen molar-refractivity contribution < 1.29 is 9.53 Å². The molecular weight excluding hydrogens is 212 g/mol. The first-order valence-corrected chi connectivity index (χ1v) is 5.34. The second-order valence-corrected chi connectivity index (χ2v) is 4.69. The maximum atomic E-state index is 11.6. The van der Waals surface area contributed by atoms with Gasteiger partial charge in [0.15, 0.2) is 0 Å². The molecule has 1 aromatic rings. The second kappa shape index (κ2) is 4.67. The van der Waals surface area contributed by atoms with Crippen molar-refractivity contribution >= 4 is 17.6 Å². The molecule has 0 spiro atoms. The maximum absolute atomic E-state index is 11.6. The largest absolute Gasteiger partial charge is 0.426 e. The third-order valence-electron chi connectivity index (χ3n) is 1.88. The SMILES string of the molecule is CC(C)(C)C(=O)Oc1cccc(CCl)c1. The van der Waals surface area contributed by atoms with Crippen LogP contribution in [0.1, 0.15) is 26.3 Å². The maximum Gasteiger partial charge on any atom is 0.316 e. The highest BCUT2D eigenvalue weighted by molar-refractivity contribution is 6.17. The highest BCUT2D eigenvalue weighted by atomic mass is 35.5. The Morgan fingerprint density at radius 3 is 2.60 bits per heavy atom. The van der Waals surface area contributed by atoms with Crippen LogP contribution in [-0.4, -0.2) is 5.97 Å². The van der Waals surface area contributed by atoms with Gasteiger partial charge >= 0.3 is 5.97 Å². The van der Waals surface area contributed by atoms with Crippen LogP contribution in [0.15, 0.2) is 24.3 Å². The molecule has 2 nitrogen and oxygen atoms in total. The van der Waals surface area contributed by atoms with Gasteiger partial charge in [-0.2, -0.15) is 0 Å². The molecule has 0 aliphatic carbocycles. The minimum atomic E-state index is -0.489. The number of esters is 1. The number of hydrogen-bond acceptors (Lipinski definition) is 2. The zero-order valence-corrected chi connectivity index (χ0v) is 9.97. The third-order valence-corrected chi connectivity index (χ3v) is 2.18. The van der Waals surface area contributed by atoms with Crippen molar-refractivity contribution in [2.75, 3.05) is 0 Å². The van der Waals surface area contributed by atoms with Crippen molar-refractivity contribution in [3.05, 3.63) is 29.8 Å². The fourth-order valence-electron chi connectivity index (χ4n) is 0.952. The van der Waals surface area contributed by atoms with Gasteiger partial charge < -0.3 is 4.74 Å². The topological polar surface area (TPSA) is 26.3 Å². The Morgan fingerprint density at radius 2 is 2.07 bits per heavy atom. The lowest BCUT2D eigenvalue weighted by atomic mass is 9.97. The predicted octanol–water partition coefficient (Wildman–Crippen LogP) is 3.38. The summed E-state index contributed by atoms with van der Waals surface area (Å²) in [5.41, 5.74) is 0.452. The highest BCUT2D eigenvalue weighted by Crippen LogP contribution is 2.20.